The van der Waals surface area contributed by atoms with Crippen LogP contribution in [0.4, 0.5) is 5.69 Å². The Labute approximate surface area is 116 Å². The Hall–Kier alpha value is -2.40. The molecule has 5 nitrogen and oxygen atoms in total. The van der Waals surface area contributed by atoms with E-state index < -0.39 is 17.1 Å². The third-order valence-electron chi connectivity index (χ3n) is 2.94. The molecule has 20 heavy (non-hydrogen) atoms. The van der Waals surface area contributed by atoms with Gasteiger partial charge >= 0.3 is 0 Å². The minimum Gasteiger partial charge on any atom is -0.487 e. The highest BCUT2D eigenvalue weighted by atomic mass is 16.6. The first kappa shape index (κ1) is 14.0. The van der Waals surface area contributed by atoms with E-state index >= 15 is 0 Å². The van der Waals surface area contributed by atoms with Crippen LogP contribution in [0.2, 0.25) is 0 Å². The summed E-state index contributed by atoms with van der Waals surface area (Å²) in [5.74, 6) is 0.363. The summed E-state index contributed by atoms with van der Waals surface area (Å²) < 4.78 is 5.57. The highest BCUT2D eigenvalue weighted by Gasteiger charge is 2.18. The number of nitrogens with zero attached hydrogens (tertiary/aromatic N) is 1. The zero-order valence-corrected chi connectivity index (χ0v) is 11.0. The van der Waals surface area contributed by atoms with Gasteiger partial charge in [-0.05, 0) is 18.6 Å². The molecule has 0 amide bonds. The number of hydrogen-bond acceptors (Lipinski definition) is 4. The number of nitro benzene ring substituents is 1. The summed E-state index contributed by atoms with van der Waals surface area (Å²) >= 11 is 0. The fourth-order valence-electron chi connectivity index (χ4n) is 1.87. The van der Waals surface area contributed by atoms with Crippen molar-refractivity contribution in [2.75, 3.05) is 0 Å². The van der Waals surface area contributed by atoms with Gasteiger partial charge in [0.25, 0.3) is 5.69 Å². The van der Waals surface area contributed by atoms with Crippen molar-refractivity contribution in [2.45, 2.75) is 19.1 Å². The SMILES string of the molecule is CC(Oc1cccc([N+](=O)[O-])c1)C(O)c1ccccc1. The second kappa shape index (κ2) is 6.16. The van der Waals surface area contributed by atoms with Gasteiger partial charge in [-0.3, -0.25) is 10.1 Å². The summed E-state index contributed by atoms with van der Waals surface area (Å²) in [4.78, 5) is 10.2. The van der Waals surface area contributed by atoms with Crippen LogP contribution in [-0.2, 0) is 0 Å². The van der Waals surface area contributed by atoms with E-state index in [4.69, 9.17) is 4.74 Å². The van der Waals surface area contributed by atoms with Gasteiger partial charge in [0.1, 0.15) is 18.0 Å². The molecule has 2 aromatic carbocycles. The van der Waals surface area contributed by atoms with Crippen LogP contribution < -0.4 is 4.74 Å². The first-order valence-corrected chi connectivity index (χ1v) is 6.22. The summed E-state index contributed by atoms with van der Waals surface area (Å²) in [6, 6.07) is 15.0. The fraction of sp³-hybridized carbons (Fsp3) is 0.200. The molecule has 104 valence electrons. The van der Waals surface area contributed by atoms with Gasteiger partial charge in [-0.2, -0.15) is 0 Å². The maximum atomic E-state index is 10.7. The number of rotatable bonds is 5. The molecule has 0 aliphatic carbocycles. The number of non-ortho nitro benzene ring substituents is 1. The minimum atomic E-state index is -0.796. The lowest BCUT2D eigenvalue weighted by Gasteiger charge is -2.20. The Morgan fingerprint density at radius 2 is 1.85 bits per heavy atom. The normalized spacial score (nSPS) is 13.5. The van der Waals surface area contributed by atoms with E-state index in [0.29, 0.717) is 5.75 Å². The molecular formula is C15H15NO4. The molecule has 1 N–H and O–H groups in total. The molecule has 0 fully saturated rings. The van der Waals surface area contributed by atoms with Gasteiger partial charge in [0.05, 0.1) is 11.0 Å². The summed E-state index contributed by atoms with van der Waals surface area (Å²) in [5, 5.41) is 20.9. The molecular weight excluding hydrogens is 258 g/mol. The highest BCUT2D eigenvalue weighted by Crippen LogP contribution is 2.24. The average molecular weight is 273 g/mol. The largest absolute Gasteiger partial charge is 0.487 e. The van der Waals surface area contributed by atoms with E-state index in [1.54, 1.807) is 31.2 Å². The Morgan fingerprint density at radius 3 is 2.50 bits per heavy atom. The standard InChI is InChI=1S/C15H15NO4/c1-11(15(17)12-6-3-2-4-7-12)20-14-9-5-8-13(10-14)16(18)19/h2-11,15,17H,1H3. The Morgan fingerprint density at radius 1 is 1.15 bits per heavy atom. The van der Waals surface area contributed by atoms with Gasteiger partial charge < -0.3 is 9.84 Å². The van der Waals surface area contributed by atoms with Crippen LogP contribution in [0.25, 0.3) is 0 Å². The van der Waals surface area contributed by atoms with Crippen LogP contribution in [0, 0.1) is 10.1 Å². The van der Waals surface area contributed by atoms with Crippen LogP contribution in [0.15, 0.2) is 54.6 Å². The number of nitro groups is 1. The first-order valence-electron chi connectivity index (χ1n) is 6.22. The second-order valence-corrected chi connectivity index (χ2v) is 4.43. The quantitative estimate of drug-likeness (QED) is 0.671. The van der Waals surface area contributed by atoms with Gasteiger partial charge in [-0.25, -0.2) is 0 Å². The fourth-order valence-corrected chi connectivity index (χ4v) is 1.87. The van der Waals surface area contributed by atoms with Crippen molar-refractivity contribution in [3.05, 3.63) is 70.3 Å². The lowest BCUT2D eigenvalue weighted by molar-refractivity contribution is -0.385. The van der Waals surface area contributed by atoms with Crippen molar-refractivity contribution in [3.63, 3.8) is 0 Å². The predicted molar refractivity (Wildman–Crippen MR) is 74.6 cm³/mol. The molecule has 5 heteroatoms. The van der Waals surface area contributed by atoms with Crippen LogP contribution in [-0.4, -0.2) is 16.1 Å². The van der Waals surface area contributed by atoms with Gasteiger partial charge in [-0.15, -0.1) is 0 Å². The molecule has 0 aliphatic heterocycles. The summed E-state index contributed by atoms with van der Waals surface area (Å²) in [7, 11) is 0. The zero-order chi connectivity index (χ0) is 14.5. The van der Waals surface area contributed by atoms with Crippen LogP contribution >= 0.6 is 0 Å². The molecule has 0 saturated heterocycles. The molecule has 2 unspecified atom stereocenters. The van der Waals surface area contributed by atoms with E-state index in [2.05, 4.69) is 0 Å². The van der Waals surface area contributed by atoms with E-state index in [9.17, 15) is 15.2 Å². The van der Waals surface area contributed by atoms with Crippen LogP contribution in [0.3, 0.4) is 0 Å². The molecule has 0 aromatic heterocycles. The van der Waals surface area contributed by atoms with E-state index in [1.165, 1.54) is 12.1 Å². The summed E-state index contributed by atoms with van der Waals surface area (Å²) in [6.07, 6.45) is -1.31. The van der Waals surface area contributed by atoms with Crippen molar-refractivity contribution < 1.29 is 14.8 Å². The van der Waals surface area contributed by atoms with Gasteiger partial charge in [-0.1, -0.05) is 36.4 Å². The maximum absolute atomic E-state index is 10.7. The topological polar surface area (TPSA) is 72.6 Å². The molecule has 0 saturated carbocycles. The molecule has 2 rings (SSSR count). The van der Waals surface area contributed by atoms with Crippen molar-refractivity contribution >= 4 is 5.69 Å². The molecule has 0 heterocycles. The van der Waals surface area contributed by atoms with E-state index in [-0.39, 0.29) is 5.69 Å². The maximum Gasteiger partial charge on any atom is 0.273 e. The Kier molecular flexibility index (Phi) is 4.32. The molecule has 0 spiro atoms. The van der Waals surface area contributed by atoms with Crippen molar-refractivity contribution in [1.82, 2.24) is 0 Å². The number of aliphatic hydroxyl groups excluding tert-OH is 1. The average Bonchev–Trinajstić information content (AvgIpc) is 2.47. The van der Waals surface area contributed by atoms with Crippen molar-refractivity contribution in [2.24, 2.45) is 0 Å². The van der Waals surface area contributed by atoms with E-state index in [0.717, 1.165) is 5.56 Å². The number of aliphatic hydroxyl groups is 1. The zero-order valence-electron chi connectivity index (χ0n) is 11.0. The number of ether oxygens (including phenoxy) is 1. The monoisotopic (exact) mass is 273 g/mol. The number of hydrogen-bond donors (Lipinski definition) is 1. The summed E-state index contributed by atoms with van der Waals surface area (Å²) in [6.45, 7) is 1.72. The molecule has 0 bridgehead atoms. The lowest BCUT2D eigenvalue weighted by atomic mass is 10.1. The van der Waals surface area contributed by atoms with Gasteiger partial charge in [0, 0.05) is 6.07 Å². The molecule has 2 aromatic rings. The van der Waals surface area contributed by atoms with Crippen molar-refractivity contribution in [1.29, 1.82) is 0 Å². The first-order chi connectivity index (χ1) is 9.58. The molecule has 2 atom stereocenters. The number of benzene rings is 2. The summed E-state index contributed by atoms with van der Waals surface area (Å²) in [5.41, 5.74) is 0.703. The third-order valence-corrected chi connectivity index (χ3v) is 2.94. The predicted octanol–water partition coefficient (Wildman–Crippen LogP) is 3.10. The lowest BCUT2D eigenvalue weighted by Crippen LogP contribution is -2.21. The Bertz CT molecular complexity index is 585. The molecule has 0 aliphatic rings. The minimum absolute atomic E-state index is 0.0381. The highest BCUT2D eigenvalue weighted by molar-refractivity contribution is 5.38. The Balaban J connectivity index is 2.09. The van der Waals surface area contributed by atoms with Gasteiger partial charge in [0.15, 0.2) is 0 Å². The van der Waals surface area contributed by atoms with Crippen LogP contribution in [0.5, 0.6) is 5.75 Å². The van der Waals surface area contributed by atoms with E-state index in [1.807, 2.05) is 18.2 Å². The third kappa shape index (κ3) is 3.33. The smallest absolute Gasteiger partial charge is 0.273 e. The van der Waals surface area contributed by atoms with Crippen molar-refractivity contribution in [3.8, 4) is 5.75 Å². The van der Waals surface area contributed by atoms with Gasteiger partial charge in [0.2, 0.25) is 0 Å². The second-order valence-electron chi connectivity index (χ2n) is 4.43. The molecule has 0 radical (unpaired) electrons. The van der Waals surface area contributed by atoms with Crippen LogP contribution in [0.1, 0.15) is 18.6 Å².